The molecule has 0 radical (unpaired) electrons. The fourth-order valence-electron chi connectivity index (χ4n) is 2.21. The molecule has 0 amide bonds. The molecule has 0 heterocycles. The van der Waals surface area contributed by atoms with Crippen molar-refractivity contribution in [1.82, 2.24) is 0 Å². The van der Waals surface area contributed by atoms with Gasteiger partial charge in [-0.3, -0.25) is 4.79 Å². The van der Waals surface area contributed by atoms with Gasteiger partial charge in [-0.25, -0.2) is 4.79 Å². The van der Waals surface area contributed by atoms with Gasteiger partial charge >= 0.3 is 11.9 Å². The van der Waals surface area contributed by atoms with E-state index in [9.17, 15) is 9.59 Å². The van der Waals surface area contributed by atoms with Gasteiger partial charge in [-0.2, -0.15) is 0 Å². The zero-order chi connectivity index (χ0) is 15.5. The average molecular weight is 290 g/mol. The van der Waals surface area contributed by atoms with Crippen molar-refractivity contribution in [2.24, 2.45) is 0 Å². The number of benzene rings is 1. The Labute approximate surface area is 127 Å². The third-order valence-corrected chi connectivity index (χ3v) is 3.48. The van der Waals surface area contributed by atoms with Crippen molar-refractivity contribution in [3.63, 3.8) is 0 Å². The van der Waals surface area contributed by atoms with Crippen molar-refractivity contribution < 1.29 is 14.3 Å². The van der Waals surface area contributed by atoms with Crippen molar-refractivity contribution in [2.75, 3.05) is 0 Å². The summed E-state index contributed by atoms with van der Waals surface area (Å²) in [5.74, 6) is -0.927. The van der Waals surface area contributed by atoms with Crippen LogP contribution < -0.4 is 0 Å². The summed E-state index contributed by atoms with van der Waals surface area (Å²) in [5, 5.41) is 0. The van der Waals surface area contributed by atoms with Gasteiger partial charge in [-0.1, -0.05) is 57.7 Å². The van der Waals surface area contributed by atoms with E-state index in [-0.39, 0.29) is 0 Å². The number of carbonyl (C=O) groups excluding carboxylic acids is 2. The van der Waals surface area contributed by atoms with Gasteiger partial charge in [0.25, 0.3) is 0 Å². The summed E-state index contributed by atoms with van der Waals surface area (Å²) in [4.78, 5) is 23.8. The Morgan fingerprint density at radius 2 is 1.67 bits per heavy atom. The number of aryl methyl sites for hydroxylation is 1. The van der Waals surface area contributed by atoms with Gasteiger partial charge in [0.05, 0.1) is 5.56 Å². The minimum Gasteiger partial charge on any atom is -0.389 e. The van der Waals surface area contributed by atoms with Crippen molar-refractivity contribution >= 4 is 11.9 Å². The van der Waals surface area contributed by atoms with Gasteiger partial charge in [-0.05, 0) is 30.9 Å². The summed E-state index contributed by atoms with van der Waals surface area (Å²) in [7, 11) is 0. The topological polar surface area (TPSA) is 43.4 Å². The van der Waals surface area contributed by atoms with Crippen LogP contribution in [0, 0.1) is 0 Å². The molecule has 1 aromatic rings. The maximum Gasteiger partial charge on any atom is 0.346 e. The van der Waals surface area contributed by atoms with Crippen LogP contribution in [0.1, 0.15) is 74.7 Å². The highest BCUT2D eigenvalue weighted by molar-refractivity contribution is 5.97. The lowest BCUT2D eigenvalue weighted by atomic mass is 10.0. The molecule has 0 aliphatic heterocycles. The normalized spacial score (nSPS) is 10.4. The molecular weight excluding hydrogens is 264 g/mol. The van der Waals surface area contributed by atoms with Crippen molar-refractivity contribution in [3.8, 4) is 0 Å². The average Bonchev–Trinajstić information content (AvgIpc) is 2.49. The van der Waals surface area contributed by atoms with Crippen LogP contribution in [-0.2, 0) is 16.0 Å². The molecule has 0 aliphatic rings. The highest BCUT2D eigenvalue weighted by Gasteiger charge is 2.15. The summed E-state index contributed by atoms with van der Waals surface area (Å²) in [6, 6.07) is 7.38. The molecule has 0 atom stereocenters. The van der Waals surface area contributed by atoms with E-state index < -0.39 is 11.9 Å². The van der Waals surface area contributed by atoms with Crippen LogP contribution in [0.25, 0.3) is 0 Å². The summed E-state index contributed by atoms with van der Waals surface area (Å²) in [6.07, 6.45) is 7.29. The molecule has 21 heavy (non-hydrogen) atoms. The van der Waals surface area contributed by atoms with Crippen LogP contribution in [0.3, 0.4) is 0 Å². The molecule has 3 nitrogen and oxygen atoms in total. The van der Waals surface area contributed by atoms with Gasteiger partial charge in [0.15, 0.2) is 0 Å². The fraction of sp³-hybridized carbons (Fsp3) is 0.556. The van der Waals surface area contributed by atoms with Crippen LogP contribution in [-0.4, -0.2) is 11.9 Å². The van der Waals surface area contributed by atoms with E-state index >= 15 is 0 Å². The van der Waals surface area contributed by atoms with Crippen LogP contribution in [0.5, 0.6) is 0 Å². The predicted molar refractivity (Wildman–Crippen MR) is 84.2 cm³/mol. The van der Waals surface area contributed by atoms with Crippen LogP contribution in [0.2, 0.25) is 0 Å². The Hall–Kier alpha value is -1.64. The summed E-state index contributed by atoms with van der Waals surface area (Å²) in [6.45, 7) is 4.23. The first-order valence-electron chi connectivity index (χ1n) is 8.02. The summed E-state index contributed by atoms with van der Waals surface area (Å²) < 4.78 is 4.96. The van der Waals surface area contributed by atoms with E-state index in [1.165, 1.54) is 0 Å². The fourth-order valence-corrected chi connectivity index (χ4v) is 2.21. The highest BCUT2D eigenvalue weighted by Crippen LogP contribution is 2.14. The summed E-state index contributed by atoms with van der Waals surface area (Å²) in [5.41, 5.74) is 1.48. The van der Waals surface area contributed by atoms with Crippen molar-refractivity contribution in [2.45, 2.75) is 65.2 Å². The first-order chi connectivity index (χ1) is 10.2. The zero-order valence-corrected chi connectivity index (χ0v) is 13.2. The minimum absolute atomic E-state index is 0.322. The molecule has 0 fully saturated rings. The molecule has 1 aromatic carbocycles. The molecule has 116 valence electrons. The van der Waals surface area contributed by atoms with E-state index in [1.54, 1.807) is 12.1 Å². The Balaban J connectivity index is 2.52. The first kappa shape index (κ1) is 17.4. The third kappa shape index (κ3) is 6.56. The van der Waals surface area contributed by atoms with E-state index in [4.69, 9.17) is 4.74 Å². The lowest BCUT2D eigenvalue weighted by molar-refractivity contribution is -0.138. The maximum atomic E-state index is 12.1. The van der Waals surface area contributed by atoms with Gasteiger partial charge < -0.3 is 4.74 Å². The molecule has 0 N–H and O–H groups in total. The Kier molecular flexibility index (Phi) is 8.41. The lowest BCUT2D eigenvalue weighted by Gasteiger charge is -2.08. The second kappa shape index (κ2) is 10.1. The van der Waals surface area contributed by atoms with Crippen LogP contribution in [0.4, 0.5) is 0 Å². The molecule has 0 aromatic heterocycles. The molecule has 0 saturated heterocycles. The SMILES string of the molecule is CCCCCCC(=O)OC(=O)c1ccccc1CCCC. The second-order valence-corrected chi connectivity index (χ2v) is 5.33. The van der Waals surface area contributed by atoms with E-state index in [2.05, 4.69) is 13.8 Å². The van der Waals surface area contributed by atoms with Crippen LogP contribution >= 0.6 is 0 Å². The quantitative estimate of drug-likeness (QED) is 0.376. The molecule has 0 bridgehead atoms. The van der Waals surface area contributed by atoms with Crippen LogP contribution in [0.15, 0.2) is 24.3 Å². The number of unbranched alkanes of at least 4 members (excludes halogenated alkanes) is 4. The molecule has 1 rings (SSSR count). The monoisotopic (exact) mass is 290 g/mol. The molecule has 0 unspecified atom stereocenters. The zero-order valence-electron chi connectivity index (χ0n) is 13.2. The largest absolute Gasteiger partial charge is 0.389 e. The van der Waals surface area contributed by atoms with Gasteiger partial charge in [0.2, 0.25) is 0 Å². The first-order valence-corrected chi connectivity index (χ1v) is 8.02. The summed E-state index contributed by atoms with van der Waals surface area (Å²) >= 11 is 0. The molecule has 0 saturated carbocycles. The van der Waals surface area contributed by atoms with Crippen molar-refractivity contribution in [1.29, 1.82) is 0 Å². The highest BCUT2D eigenvalue weighted by atomic mass is 16.6. The number of carbonyl (C=O) groups is 2. The lowest BCUT2D eigenvalue weighted by Crippen LogP contribution is -2.14. The standard InChI is InChI=1S/C18H26O3/c1-3-5-7-8-14-17(19)21-18(20)16-13-10-9-12-15(16)11-6-4-2/h9-10,12-13H,3-8,11,14H2,1-2H3. The van der Waals surface area contributed by atoms with Gasteiger partial charge in [-0.15, -0.1) is 0 Å². The second-order valence-electron chi connectivity index (χ2n) is 5.33. The molecular formula is C18H26O3. The number of hydrogen-bond donors (Lipinski definition) is 0. The van der Waals surface area contributed by atoms with Crippen molar-refractivity contribution in [3.05, 3.63) is 35.4 Å². The minimum atomic E-state index is -0.512. The Morgan fingerprint density at radius 3 is 2.38 bits per heavy atom. The number of rotatable bonds is 9. The van der Waals surface area contributed by atoms with E-state index in [0.717, 1.165) is 50.5 Å². The van der Waals surface area contributed by atoms with Gasteiger partial charge in [0, 0.05) is 6.42 Å². The maximum absolute atomic E-state index is 12.1. The smallest absolute Gasteiger partial charge is 0.346 e. The number of esters is 2. The third-order valence-electron chi connectivity index (χ3n) is 3.48. The predicted octanol–water partition coefficient (Wildman–Crippen LogP) is 4.68. The van der Waals surface area contributed by atoms with Gasteiger partial charge in [0.1, 0.15) is 0 Å². The molecule has 0 aliphatic carbocycles. The molecule has 3 heteroatoms. The van der Waals surface area contributed by atoms with E-state index in [1.807, 2.05) is 12.1 Å². The molecule has 0 spiro atoms. The van der Waals surface area contributed by atoms with E-state index in [0.29, 0.717) is 12.0 Å². The number of ether oxygens (including phenoxy) is 1. The Bertz CT molecular complexity index is 452. The Morgan fingerprint density at radius 1 is 0.952 bits per heavy atom. The number of hydrogen-bond acceptors (Lipinski definition) is 3.